The molecule has 2 atom stereocenters. The molecule has 0 aromatic carbocycles. The molecule has 0 unspecified atom stereocenters. The second kappa shape index (κ2) is 9.52. The predicted molar refractivity (Wildman–Crippen MR) is 118 cm³/mol. The van der Waals surface area contributed by atoms with Crippen molar-refractivity contribution in [1.29, 1.82) is 0 Å². The van der Waals surface area contributed by atoms with Crippen molar-refractivity contribution < 1.29 is 37.3 Å². The van der Waals surface area contributed by atoms with Gasteiger partial charge in [-0.1, -0.05) is 10.4 Å². The highest BCUT2D eigenvalue weighted by Crippen LogP contribution is 2.25. The van der Waals surface area contributed by atoms with E-state index in [1.807, 2.05) is 0 Å². The summed E-state index contributed by atoms with van der Waals surface area (Å²) < 4.78 is 34.2. The maximum Gasteiger partial charge on any atom is 0.362 e. The first-order valence-electron chi connectivity index (χ1n) is 9.66. The van der Waals surface area contributed by atoms with Gasteiger partial charge in [-0.3, -0.25) is 18.8 Å². The number of carbonyl (C=O) groups excluding carboxylic acids is 2. The highest BCUT2D eigenvalue weighted by atomic mass is 32.2. The molecule has 1 aliphatic rings. The van der Waals surface area contributed by atoms with Crippen LogP contribution in [0.2, 0.25) is 0 Å². The van der Waals surface area contributed by atoms with E-state index in [-0.39, 0.29) is 28.2 Å². The highest BCUT2D eigenvalue weighted by Gasteiger charge is 2.54. The lowest BCUT2D eigenvalue weighted by molar-refractivity contribution is -0.161. The van der Waals surface area contributed by atoms with Gasteiger partial charge in [0.25, 0.3) is 11.8 Å². The standard InChI is InChI=1S/C16H21N9O8S2/c1-16(2,14(28)29)33-22-10(8-6-34-15(18)19-8)12(26)20-11-9(25(13(11)27)35(30,31)32)5-24-4-7(3-17)21-23-24/h4,6,9,11H,3,5,17H2,1-2H3,(H2,18,19)(H,20,26)(H,28,29)(H,30,31,32)/t9-,11-/m0/s1. The highest BCUT2D eigenvalue weighted by molar-refractivity contribution is 7.84. The lowest BCUT2D eigenvalue weighted by Crippen LogP contribution is -2.73. The van der Waals surface area contributed by atoms with E-state index in [4.69, 9.17) is 16.3 Å². The van der Waals surface area contributed by atoms with Crippen LogP contribution in [0.4, 0.5) is 5.13 Å². The summed E-state index contributed by atoms with van der Waals surface area (Å²) in [7, 11) is -4.96. The normalized spacial score (nSPS) is 18.8. The molecule has 2 amide bonds. The summed E-state index contributed by atoms with van der Waals surface area (Å²) in [5.74, 6) is -3.55. The summed E-state index contributed by atoms with van der Waals surface area (Å²) in [6, 6.07) is -2.73. The Morgan fingerprint density at radius 1 is 1.40 bits per heavy atom. The van der Waals surface area contributed by atoms with Gasteiger partial charge in [-0.05, 0) is 13.8 Å². The number of carbonyl (C=O) groups is 3. The average molecular weight is 532 g/mol. The molecule has 1 aliphatic heterocycles. The molecule has 19 heteroatoms. The molecule has 0 saturated carbocycles. The maximum absolute atomic E-state index is 13.0. The number of oxime groups is 1. The minimum Gasteiger partial charge on any atom is -0.478 e. The molecule has 1 saturated heterocycles. The number of aromatic nitrogens is 4. The number of nitrogens with one attached hydrogen (secondary N) is 1. The SMILES string of the molecule is CC(C)(ON=C(C(=O)N[C@@H]1C(=O)N(S(=O)(=O)O)[C@H]1Cn1cc(CN)nn1)c1csc(N)n1)C(=O)O. The number of hydrogen-bond donors (Lipinski definition) is 5. The number of amides is 2. The molecule has 7 N–H and O–H groups in total. The quantitative estimate of drug-likeness (QED) is 0.0924. The summed E-state index contributed by atoms with van der Waals surface area (Å²) in [6.45, 7) is 2.15. The van der Waals surface area contributed by atoms with E-state index < -0.39 is 51.5 Å². The average Bonchev–Trinajstić information content (AvgIpc) is 3.39. The van der Waals surface area contributed by atoms with Gasteiger partial charge < -0.3 is 26.7 Å². The molecular weight excluding hydrogens is 510 g/mol. The molecule has 2 aromatic rings. The summed E-state index contributed by atoms with van der Waals surface area (Å²) >= 11 is 0.957. The Hall–Kier alpha value is -3.68. The smallest absolute Gasteiger partial charge is 0.362 e. The summed E-state index contributed by atoms with van der Waals surface area (Å²) in [5, 5.41) is 24.1. The van der Waals surface area contributed by atoms with Crippen LogP contribution in [0.5, 0.6) is 0 Å². The van der Waals surface area contributed by atoms with Gasteiger partial charge in [-0.15, -0.1) is 16.4 Å². The third-order valence-electron chi connectivity index (χ3n) is 4.73. The van der Waals surface area contributed by atoms with Crippen LogP contribution in [0.1, 0.15) is 25.2 Å². The van der Waals surface area contributed by atoms with Gasteiger partial charge in [0.2, 0.25) is 5.60 Å². The van der Waals surface area contributed by atoms with Gasteiger partial charge >= 0.3 is 16.3 Å². The molecule has 17 nitrogen and oxygen atoms in total. The predicted octanol–water partition coefficient (Wildman–Crippen LogP) is -2.44. The van der Waals surface area contributed by atoms with Crippen LogP contribution in [0.15, 0.2) is 16.7 Å². The van der Waals surface area contributed by atoms with Crippen LogP contribution >= 0.6 is 11.3 Å². The minimum absolute atomic E-state index is 0.0507. The van der Waals surface area contributed by atoms with Crippen LogP contribution < -0.4 is 16.8 Å². The van der Waals surface area contributed by atoms with Crippen molar-refractivity contribution in [1.82, 2.24) is 29.6 Å². The third-order valence-corrected chi connectivity index (χ3v) is 6.36. The number of nitrogens with two attached hydrogens (primary N) is 2. The Labute approximate surface area is 201 Å². The molecule has 3 heterocycles. The number of hydrogen-bond acceptors (Lipinski definition) is 13. The van der Waals surface area contributed by atoms with E-state index >= 15 is 0 Å². The van der Waals surface area contributed by atoms with E-state index in [1.54, 1.807) is 0 Å². The maximum atomic E-state index is 13.0. The zero-order chi connectivity index (χ0) is 26.1. The van der Waals surface area contributed by atoms with Gasteiger partial charge in [0.15, 0.2) is 10.8 Å². The fraction of sp³-hybridized carbons (Fsp3) is 0.438. The number of aliphatic carboxylic acids is 1. The van der Waals surface area contributed by atoms with Crippen LogP contribution in [-0.4, -0.2) is 83.5 Å². The Morgan fingerprint density at radius 3 is 2.60 bits per heavy atom. The van der Waals surface area contributed by atoms with E-state index in [2.05, 4.69) is 25.8 Å². The van der Waals surface area contributed by atoms with Gasteiger partial charge in [0.05, 0.1) is 18.3 Å². The fourth-order valence-electron chi connectivity index (χ4n) is 2.86. The summed E-state index contributed by atoms with van der Waals surface area (Å²) in [6.07, 6.45) is 1.40. The van der Waals surface area contributed by atoms with Crippen molar-refractivity contribution in [2.24, 2.45) is 10.9 Å². The van der Waals surface area contributed by atoms with Crippen molar-refractivity contribution in [3.63, 3.8) is 0 Å². The third kappa shape index (κ3) is 5.53. The molecule has 1 fully saturated rings. The molecule has 2 aromatic heterocycles. The number of anilines is 1. The molecule has 0 aliphatic carbocycles. The van der Waals surface area contributed by atoms with E-state index in [1.165, 1.54) is 30.1 Å². The Morgan fingerprint density at radius 2 is 2.09 bits per heavy atom. The number of carboxylic acid groups (broad SMARTS) is 1. The van der Waals surface area contributed by atoms with Crippen molar-refractivity contribution >= 4 is 50.3 Å². The molecule has 0 spiro atoms. The van der Waals surface area contributed by atoms with E-state index in [0.29, 0.717) is 5.69 Å². The van der Waals surface area contributed by atoms with Crippen molar-refractivity contribution in [2.45, 2.75) is 44.6 Å². The van der Waals surface area contributed by atoms with Crippen LogP contribution in [0.25, 0.3) is 0 Å². The first kappa shape index (κ1) is 25.9. The Bertz CT molecular complexity index is 1290. The van der Waals surface area contributed by atoms with Gasteiger partial charge in [-0.25, -0.2) is 14.1 Å². The number of rotatable bonds is 10. The zero-order valence-electron chi connectivity index (χ0n) is 18.2. The monoisotopic (exact) mass is 531 g/mol. The first-order valence-corrected chi connectivity index (χ1v) is 11.9. The number of carboxylic acids is 1. The second-order valence-corrected chi connectivity index (χ2v) is 9.86. The Kier molecular flexibility index (Phi) is 7.06. The molecule has 3 rings (SSSR count). The summed E-state index contributed by atoms with van der Waals surface area (Å²) in [4.78, 5) is 45.7. The molecule has 190 valence electrons. The molecule has 0 bridgehead atoms. The molecular formula is C16H21N9O8S2. The minimum atomic E-state index is -4.96. The van der Waals surface area contributed by atoms with Crippen molar-refractivity contribution in [3.8, 4) is 0 Å². The molecule has 35 heavy (non-hydrogen) atoms. The number of nitrogen functional groups attached to an aromatic ring is 1. The largest absolute Gasteiger partial charge is 0.478 e. The zero-order valence-corrected chi connectivity index (χ0v) is 19.9. The van der Waals surface area contributed by atoms with Gasteiger partial charge in [-0.2, -0.15) is 8.42 Å². The number of thiazole rings is 1. The Balaban J connectivity index is 1.89. The lowest BCUT2D eigenvalue weighted by atomic mass is 9.98. The van der Waals surface area contributed by atoms with Gasteiger partial charge in [0.1, 0.15) is 11.7 Å². The van der Waals surface area contributed by atoms with E-state index in [0.717, 1.165) is 11.3 Å². The van der Waals surface area contributed by atoms with Crippen LogP contribution in [-0.2, 0) is 42.6 Å². The van der Waals surface area contributed by atoms with Crippen molar-refractivity contribution in [3.05, 3.63) is 23.0 Å². The number of β-lactam (4-membered cyclic amide) rings is 1. The van der Waals surface area contributed by atoms with E-state index in [9.17, 15) is 32.5 Å². The molecule has 0 radical (unpaired) electrons. The fourth-order valence-corrected chi connectivity index (χ4v) is 4.28. The number of nitrogens with zero attached hydrogens (tertiary/aromatic N) is 6. The first-order chi connectivity index (χ1) is 16.2. The summed E-state index contributed by atoms with van der Waals surface area (Å²) in [5.41, 5.74) is 9.03. The second-order valence-electron chi connectivity index (χ2n) is 7.68. The lowest BCUT2D eigenvalue weighted by Gasteiger charge is -2.43. The van der Waals surface area contributed by atoms with Crippen molar-refractivity contribution in [2.75, 3.05) is 5.73 Å². The van der Waals surface area contributed by atoms with Gasteiger partial charge in [0, 0.05) is 18.1 Å². The van der Waals surface area contributed by atoms with Crippen LogP contribution in [0.3, 0.4) is 0 Å². The van der Waals surface area contributed by atoms with Crippen LogP contribution in [0, 0.1) is 0 Å². The topological polar surface area (TPSA) is 258 Å².